The third kappa shape index (κ3) is 2.76. The van der Waals surface area contributed by atoms with E-state index in [1.165, 1.54) is 0 Å². The Morgan fingerprint density at radius 3 is 2.73 bits per heavy atom. The van der Waals surface area contributed by atoms with Gasteiger partial charge in [0.2, 0.25) is 11.6 Å². The molecule has 7 heteroatoms. The molecule has 0 aliphatic carbocycles. The summed E-state index contributed by atoms with van der Waals surface area (Å²) in [5, 5.41) is 2.71. The maximum Gasteiger partial charge on any atom is 0.250 e. The van der Waals surface area contributed by atoms with E-state index in [4.69, 9.17) is 16.2 Å². The van der Waals surface area contributed by atoms with E-state index in [-0.39, 0.29) is 23.3 Å². The molecule has 1 heterocycles. The number of hydrogen-bond donors (Lipinski definition) is 2. The summed E-state index contributed by atoms with van der Waals surface area (Å²) in [7, 11) is 0. The van der Waals surface area contributed by atoms with Crippen LogP contribution in [0, 0.1) is 4.91 Å². The molecule has 0 bridgehead atoms. The molecule has 0 aromatic carbocycles. The van der Waals surface area contributed by atoms with Crippen molar-refractivity contribution in [1.82, 2.24) is 9.97 Å². The molecule has 1 rings (SSSR count). The Kier molecular flexibility index (Phi) is 3.78. The van der Waals surface area contributed by atoms with Crippen LogP contribution in [0.3, 0.4) is 0 Å². The van der Waals surface area contributed by atoms with E-state index < -0.39 is 0 Å². The zero-order valence-corrected chi connectivity index (χ0v) is 8.43. The lowest BCUT2D eigenvalue weighted by Crippen LogP contribution is -2.05. The Hall–Kier alpha value is -1.92. The van der Waals surface area contributed by atoms with Crippen molar-refractivity contribution in [3.63, 3.8) is 0 Å². The Morgan fingerprint density at radius 1 is 1.40 bits per heavy atom. The van der Waals surface area contributed by atoms with Gasteiger partial charge < -0.3 is 16.2 Å². The smallest absolute Gasteiger partial charge is 0.250 e. The average molecular weight is 211 g/mol. The first-order chi connectivity index (χ1) is 7.19. The number of anilines is 2. The minimum atomic E-state index is -0.0969. The maximum absolute atomic E-state index is 10.5. The molecule has 0 amide bonds. The number of ether oxygens (including phenoxy) is 1. The van der Waals surface area contributed by atoms with Gasteiger partial charge in [-0.15, -0.1) is 4.91 Å². The van der Waals surface area contributed by atoms with Gasteiger partial charge in [0, 0.05) is 0 Å². The molecule has 0 aliphatic heterocycles. The Morgan fingerprint density at radius 2 is 2.13 bits per heavy atom. The largest absolute Gasteiger partial charge is 0.476 e. The van der Waals surface area contributed by atoms with Crippen molar-refractivity contribution in [3.05, 3.63) is 4.91 Å². The third-order valence-corrected chi connectivity index (χ3v) is 1.72. The molecule has 82 valence electrons. The molecule has 1 aromatic rings. The normalized spacial score (nSPS) is 9.93. The second kappa shape index (κ2) is 5.08. The fourth-order valence-corrected chi connectivity index (χ4v) is 0.968. The van der Waals surface area contributed by atoms with E-state index in [1.54, 1.807) is 0 Å². The minimum absolute atomic E-state index is 0.0357. The average Bonchev–Trinajstić information content (AvgIpc) is 2.17. The number of nitroso groups, excluding NO2 is 1. The number of rotatable bonds is 5. The van der Waals surface area contributed by atoms with Gasteiger partial charge in [-0.05, 0) is 11.6 Å². The van der Waals surface area contributed by atoms with Crippen LogP contribution in [0.2, 0.25) is 0 Å². The number of nitrogens with two attached hydrogens (primary N) is 2. The molecule has 0 atom stereocenters. The van der Waals surface area contributed by atoms with Gasteiger partial charge in [-0.25, -0.2) is 0 Å². The van der Waals surface area contributed by atoms with Gasteiger partial charge in [0.05, 0.1) is 6.61 Å². The number of nitrogen functional groups attached to an aromatic ring is 2. The van der Waals surface area contributed by atoms with Crippen LogP contribution in [0.5, 0.6) is 5.88 Å². The van der Waals surface area contributed by atoms with Gasteiger partial charge in [-0.3, -0.25) is 0 Å². The van der Waals surface area contributed by atoms with Crippen LogP contribution in [-0.2, 0) is 0 Å². The second-order valence-electron chi connectivity index (χ2n) is 2.91. The van der Waals surface area contributed by atoms with Crippen LogP contribution in [0.4, 0.5) is 17.5 Å². The predicted octanol–water partition coefficient (Wildman–Crippen LogP) is 1.22. The van der Waals surface area contributed by atoms with E-state index in [0.29, 0.717) is 6.61 Å². The topological polar surface area (TPSA) is 116 Å². The lowest BCUT2D eigenvalue weighted by molar-refractivity contribution is 0.299. The van der Waals surface area contributed by atoms with Crippen LogP contribution in [0.25, 0.3) is 0 Å². The summed E-state index contributed by atoms with van der Waals surface area (Å²) in [6.07, 6.45) is 1.82. The van der Waals surface area contributed by atoms with Crippen LogP contribution in [0.15, 0.2) is 5.18 Å². The van der Waals surface area contributed by atoms with Crippen molar-refractivity contribution >= 4 is 17.5 Å². The second-order valence-corrected chi connectivity index (χ2v) is 2.91. The first kappa shape index (κ1) is 11.2. The van der Waals surface area contributed by atoms with Crippen molar-refractivity contribution in [3.8, 4) is 5.88 Å². The maximum atomic E-state index is 10.5. The summed E-state index contributed by atoms with van der Waals surface area (Å²) in [5.74, 6) is -0.0566. The highest BCUT2D eigenvalue weighted by Gasteiger charge is 2.13. The van der Waals surface area contributed by atoms with E-state index >= 15 is 0 Å². The quantitative estimate of drug-likeness (QED) is 0.558. The third-order valence-electron chi connectivity index (χ3n) is 1.72. The molecule has 0 aliphatic rings. The van der Waals surface area contributed by atoms with Gasteiger partial charge >= 0.3 is 0 Å². The van der Waals surface area contributed by atoms with Crippen LogP contribution in [0.1, 0.15) is 19.8 Å². The number of nitrogens with zero attached hydrogens (tertiary/aromatic N) is 3. The van der Waals surface area contributed by atoms with Crippen LogP contribution in [-0.4, -0.2) is 16.6 Å². The summed E-state index contributed by atoms with van der Waals surface area (Å²) in [4.78, 5) is 17.8. The van der Waals surface area contributed by atoms with Gasteiger partial charge in [-0.1, -0.05) is 13.3 Å². The molecule has 0 spiro atoms. The van der Waals surface area contributed by atoms with E-state index in [9.17, 15) is 4.91 Å². The monoisotopic (exact) mass is 211 g/mol. The fourth-order valence-electron chi connectivity index (χ4n) is 0.968. The van der Waals surface area contributed by atoms with Crippen molar-refractivity contribution in [2.24, 2.45) is 5.18 Å². The molecule has 4 N–H and O–H groups in total. The summed E-state index contributed by atoms with van der Waals surface area (Å²) in [5.41, 5.74) is 10.7. The highest BCUT2D eigenvalue weighted by molar-refractivity contribution is 5.65. The van der Waals surface area contributed by atoms with Crippen molar-refractivity contribution in [2.75, 3.05) is 18.1 Å². The zero-order chi connectivity index (χ0) is 11.3. The summed E-state index contributed by atoms with van der Waals surface area (Å²) in [6, 6.07) is 0. The first-order valence-electron chi connectivity index (χ1n) is 4.58. The van der Waals surface area contributed by atoms with Crippen LogP contribution < -0.4 is 16.2 Å². The number of unbranched alkanes of at least 4 members (excludes halogenated alkanes) is 1. The summed E-state index contributed by atoms with van der Waals surface area (Å²) >= 11 is 0. The van der Waals surface area contributed by atoms with Crippen molar-refractivity contribution < 1.29 is 4.74 Å². The zero-order valence-electron chi connectivity index (χ0n) is 8.43. The highest BCUT2D eigenvalue weighted by atomic mass is 16.5. The lowest BCUT2D eigenvalue weighted by Gasteiger charge is -2.07. The number of hydrogen-bond acceptors (Lipinski definition) is 7. The van der Waals surface area contributed by atoms with Crippen LogP contribution >= 0.6 is 0 Å². The van der Waals surface area contributed by atoms with Crippen molar-refractivity contribution in [2.45, 2.75) is 19.8 Å². The predicted molar refractivity (Wildman–Crippen MR) is 56.7 cm³/mol. The Bertz CT molecular complexity index is 355. The molecule has 15 heavy (non-hydrogen) atoms. The van der Waals surface area contributed by atoms with Gasteiger partial charge in [0.15, 0.2) is 5.82 Å². The molecule has 0 fully saturated rings. The first-order valence-corrected chi connectivity index (χ1v) is 4.58. The summed E-state index contributed by atoms with van der Waals surface area (Å²) in [6.45, 7) is 2.46. The van der Waals surface area contributed by atoms with Crippen molar-refractivity contribution in [1.29, 1.82) is 0 Å². The molecule has 7 nitrogen and oxygen atoms in total. The number of aromatic nitrogens is 2. The van der Waals surface area contributed by atoms with Gasteiger partial charge in [0.25, 0.3) is 5.88 Å². The van der Waals surface area contributed by atoms with Gasteiger partial charge in [0.1, 0.15) is 0 Å². The molecule has 0 radical (unpaired) electrons. The fraction of sp³-hybridized carbons (Fsp3) is 0.500. The van der Waals surface area contributed by atoms with Gasteiger partial charge in [-0.2, -0.15) is 9.97 Å². The minimum Gasteiger partial charge on any atom is -0.476 e. The van der Waals surface area contributed by atoms with E-state index in [0.717, 1.165) is 12.8 Å². The molecular weight excluding hydrogens is 198 g/mol. The highest BCUT2D eigenvalue weighted by Crippen LogP contribution is 2.30. The standard InChI is InChI=1S/C8H13N5O2/c1-2-3-4-15-7-5(13-14)6(9)11-8(10)12-7/h2-4H2,1H3,(H4,9,10,11,12). The lowest BCUT2D eigenvalue weighted by atomic mass is 10.4. The molecular formula is C8H13N5O2. The molecule has 0 saturated carbocycles. The molecule has 0 unspecified atom stereocenters. The Labute approximate surface area is 86.8 Å². The SMILES string of the molecule is CCCCOc1nc(N)nc(N)c1N=O. The van der Waals surface area contributed by atoms with E-state index in [2.05, 4.69) is 15.1 Å². The molecule has 1 aromatic heterocycles. The Balaban J connectivity index is 2.88. The van der Waals surface area contributed by atoms with E-state index in [1.807, 2.05) is 6.92 Å². The molecule has 0 saturated heterocycles. The summed E-state index contributed by atoms with van der Waals surface area (Å²) < 4.78 is 5.23.